The largest absolute Gasteiger partial charge is 0.397 e. The van der Waals surface area contributed by atoms with Gasteiger partial charge in [-0.3, -0.25) is 0 Å². The van der Waals surface area contributed by atoms with Crippen LogP contribution in [0.15, 0.2) is 40.3 Å². The topological polar surface area (TPSA) is 54.7 Å². The summed E-state index contributed by atoms with van der Waals surface area (Å²) in [6.07, 6.45) is 3.35. The molecule has 21 heavy (non-hydrogen) atoms. The maximum Gasteiger partial charge on any atom is 0.123 e. The first-order chi connectivity index (χ1) is 10.2. The lowest BCUT2D eigenvalue weighted by atomic mass is 10.2. The average Bonchev–Trinajstić information content (AvgIpc) is 2.78. The zero-order chi connectivity index (χ0) is 15.2. The molecule has 2 rings (SSSR count). The maximum atomic E-state index is 9.26. The highest BCUT2D eigenvalue weighted by Gasteiger charge is 2.14. The van der Waals surface area contributed by atoms with Gasteiger partial charge in [0.25, 0.3) is 0 Å². The van der Waals surface area contributed by atoms with Crippen LogP contribution in [-0.2, 0) is 6.54 Å². The van der Waals surface area contributed by atoms with E-state index < -0.39 is 0 Å². The minimum Gasteiger partial charge on any atom is -0.397 e. The van der Waals surface area contributed by atoms with Gasteiger partial charge in [-0.1, -0.05) is 43.1 Å². The molecule has 0 saturated carbocycles. The molecule has 1 aromatic carbocycles. The van der Waals surface area contributed by atoms with E-state index in [-0.39, 0.29) is 0 Å². The number of hydrogen-bond donors (Lipinski definition) is 1. The van der Waals surface area contributed by atoms with E-state index in [1.807, 2.05) is 28.8 Å². The Labute approximate surface area is 134 Å². The molecule has 5 heteroatoms. The molecule has 0 aliphatic heterocycles. The summed E-state index contributed by atoms with van der Waals surface area (Å²) in [5.74, 6) is 0. The van der Waals surface area contributed by atoms with Crippen LogP contribution in [0.25, 0.3) is 0 Å². The summed E-state index contributed by atoms with van der Waals surface area (Å²) < 4.78 is 2.02. The van der Waals surface area contributed by atoms with E-state index in [4.69, 9.17) is 17.3 Å². The molecule has 0 unspecified atom stereocenters. The lowest BCUT2D eigenvalue weighted by molar-refractivity contribution is 0.572. The Morgan fingerprint density at radius 2 is 2.00 bits per heavy atom. The molecule has 3 nitrogen and oxygen atoms in total. The average molecular weight is 320 g/mol. The Kier molecular flexibility index (Phi) is 5.60. The number of benzene rings is 1. The van der Waals surface area contributed by atoms with Crippen LogP contribution < -0.4 is 5.73 Å². The minimum absolute atomic E-state index is 0.625. The third-order valence-corrected chi connectivity index (χ3v) is 4.61. The van der Waals surface area contributed by atoms with Gasteiger partial charge < -0.3 is 10.3 Å². The monoisotopic (exact) mass is 319 g/mol. The van der Waals surface area contributed by atoms with Crippen molar-refractivity contribution in [1.29, 1.82) is 5.26 Å². The van der Waals surface area contributed by atoms with E-state index in [1.54, 1.807) is 17.8 Å². The summed E-state index contributed by atoms with van der Waals surface area (Å²) in [5, 5.41) is 10.9. The highest BCUT2D eigenvalue weighted by molar-refractivity contribution is 7.99. The summed E-state index contributed by atoms with van der Waals surface area (Å²) in [6, 6.07) is 11.6. The summed E-state index contributed by atoms with van der Waals surface area (Å²) in [5.41, 5.74) is 7.36. The molecular formula is C16H18ClN3S. The normalized spacial score (nSPS) is 10.5. The molecule has 2 N–H and O–H groups in total. The second kappa shape index (κ2) is 7.44. The van der Waals surface area contributed by atoms with Crippen molar-refractivity contribution in [2.24, 2.45) is 0 Å². The molecule has 2 aromatic rings. The van der Waals surface area contributed by atoms with Crippen molar-refractivity contribution in [3.63, 3.8) is 0 Å². The molecule has 0 radical (unpaired) electrons. The van der Waals surface area contributed by atoms with Gasteiger partial charge in [-0.25, -0.2) is 0 Å². The molecule has 0 spiro atoms. The fraction of sp³-hybridized carbons (Fsp3) is 0.312. The van der Waals surface area contributed by atoms with Gasteiger partial charge in [-0.2, -0.15) is 5.26 Å². The van der Waals surface area contributed by atoms with E-state index in [0.29, 0.717) is 16.4 Å². The number of aromatic nitrogens is 1. The number of nitrogens with two attached hydrogens (primary N) is 1. The molecule has 0 aliphatic carbocycles. The number of rotatable bonds is 6. The SMILES string of the molecule is CCCCCn1c(C#N)cc(N)c1Sc1ccc(Cl)cc1. The first-order valence-corrected chi connectivity index (χ1v) is 8.17. The van der Waals surface area contributed by atoms with E-state index in [9.17, 15) is 5.26 Å². The zero-order valence-corrected chi connectivity index (χ0v) is 13.5. The Morgan fingerprint density at radius 1 is 1.29 bits per heavy atom. The molecule has 0 bridgehead atoms. The van der Waals surface area contributed by atoms with Crippen molar-refractivity contribution in [3.8, 4) is 6.07 Å². The first kappa shape index (κ1) is 15.8. The van der Waals surface area contributed by atoms with Crippen LogP contribution >= 0.6 is 23.4 Å². The predicted octanol–water partition coefficient (Wildman–Crippen LogP) is 4.94. The van der Waals surface area contributed by atoms with Gasteiger partial charge in [0.1, 0.15) is 16.8 Å². The second-order valence-corrected chi connectivity index (χ2v) is 6.32. The van der Waals surface area contributed by atoms with E-state index in [0.717, 1.165) is 35.7 Å². The fourth-order valence-electron chi connectivity index (χ4n) is 2.12. The molecular weight excluding hydrogens is 302 g/mol. The third-order valence-electron chi connectivity index (χ3n) is 3.20. The Hall–Kier alpha value is -1.57. The molecule has 110 valence electrons. The molecule has 0 aliphatic rings. The van der Waals surface area contributed by atoms with Crippen molar-refractivity contribution < 1.29 is 0 Å². The summed E-state index contributed by atoms with van der Waals surface area (Å²) in [4.78, 5) is 1.06. The molecule has 1 heterocycles. The number of unbranched alkanes of at least 4 members (excludes halogenated alkanes) is 2. The lowest BCUT2D eigenvalue weighted by Crippen LogP contribution is -2.03. The van der Waals surface area contributed by atoms with Crippen molar-refractivity contribution in [1.82, 2.24) is 4.57 Å². The number of halogens is 1. The number of anilines is 1. The van der Waals surface area contributed by atoms with Gasteiger partial charge in [-0.15, -0.1) is 0 Å². The van der Waals surface area contributed by atoms with Crippen LogP contribution in [0, 0.1) is 11.3 Å². The number of nitrogen functional groups attached to an aromatic ring is 1. The second-order valence-electron chi connectivity index (χ2n) is 4.82. The van der Waals surface area contributed by atoms with Crippen LogP contribution in [-0.4, -0.2) is 4.57 Å². The van der Waals surface area contributed by atoms with Gasteiger partial charge in [0, 0.05) is 16.5 Å². The zero-order valence-electron chi connectivity index (χ0n) is 12.0. The van der Waals surface area contributed by atoms with E-state index in [1.165, 1.54) is 0 Å². The van der Waals surface area contributed by atoms with Gasteiger partial charge in [0.15, 0.2) is 0 Å². The van der Waals surface area contributed by atoms with Crippen LogP contribution in [0.3, 0.4) is 0 Å². The van der Waals surface area contributed by atoms with Crippen molar-refractivity contribution in [2.45, 2.75) is 42.7 Å². The van der Waals surface area contributed by atoms with Gasteiger partial charge in [0.05, 0.1) is 5.69 Å². The van der Waals surface area contributed by atoms with Crippen molar-refractivity contribution in [3.05, 3.63) is 41.0 Å². The molecule has 0 fully saturated rings. The molecule has 0 atom stereocenters. The summed E-state index contributed by atoms with van der Waals surface area (Å²) in [7, 11) is 0. The quantitative estimate of drug-likeness (QED) is 0.767. The van der Waals surface area contributed by atoms with Crippen LogP contribution in [0.5, 0.6) is 0 Å². The highest BCUT2D eigenvalue weighted by atomic mass is 35.5. The van der Waals surface area contributed by atoms with Crippen LogP contribution in [0.2, 0.25) is 5.02 Å². The summed E-state index contributed by atoms with van der Waals surface area (Å²) >= 11 is 7.48. The first-order valence-electron chi connectivity index (χ1n) is 6.98. The van der Waals surface area contributed by atoms with Gasteiger partial charge in [0.2, 0.25) is 0 Å². The predicted molar refractivity (Wildman–Crippen MR) is 88.7 cm³/mol. The molecule has 0 saturated heterocycles. The Bertz CT molecular complexity index is 641. The summed E-state index contributed by atoms with van der Waals surface area (Å²) in [6.45, 7) is 2.99. The maximum absolute atomic E-state index is 9.26. The van der Waals surface area contributed by atoms with Crippen LogP contribution in [0.1, 0.15) is 31.9 Å². The standard InChI is InChI=1S/C16H18ClN3S/c1-2-3-4-9-20-13(11-18)10-15(19)16(20)21-14-7-5-12(17)6-8-14/h5-8,10H,2-4,9,19H2,1H3. The molecule has 1 aromatic heterocycles. The Morgan fingerprint density at radius 3 is 2.62 bits per heavy atom. The van der Waals surface area contributed by atoms with Crippen molar-refractivity contribution in [2.75, 3.05) is 5.73 Å². The lowest BCUT2D eigenvalue weighted by Gasteiger charge is -2.10. The van der Waals surface area contributed by atoms with Gasteiger partial charge in [-0.05, 0) is 36.8 Å². The smallest absolute Gasteiger partial charge is 0.123 e. The third kappa shape index (κ3) is 3.96. The highest BCUT2D eigenvalue weighted by Crippen LogP contribution is 2.35. The number of hydrogen-bond acceptors (Lipinski definition) is 3. The van der Waals surface area contributed by atoms with Crippen LogP contribution in [0.4, 0.5) is 5.69 Å². The van der Waals surface area contributed by atoms with E-state index >= 15 is 0 Å². The van der Waals surface area contributed by atoms with E-state index in [2.05, 4.69) is 13.0 Å². The molecule has 0 amide bonds. The minimum atomic E-state index is 0.625. The van der Waals surface area contributed by atoms with Crippen molar-refractivity contribution >= 4 is 29.1 Å². The number of nitrogens with zero attached hydrogens (tertiary/aromatic N) is 2. The van der Waals surface area contributed by atoms with Gasteiger partial charge >= 0.3 is 0 Å². The fourth-order valence-corrected chi connectivity index (χ4v) is 3.21. The number of nitriles is 1. The Balaban J connectivity index is 2.26.